The van der Waals surface area contributed by atoms with Gasteiger partial charge in [-0.3, -0.25) is 0 Å². The molecule has 0 atom stereocenters. The Hall–Kier alpha value is -0.350. The van der Waals surface area contributed by atoms with Gasteiger partial charge in [0.05, 0.1) is 6.61 Å². The van der Waals surface area contributed by atoms with Crippen molar-refractivity contribution in [2.75, 3.05) is 20.2 Å². The van der Waals surface area contributed by atoms with E-state index in [0.717, 1.165) is 19.4 Å². The molecule has 0 aromatic heterocycles. The first-order chi connectivity index (χ1) is 6.22. The maximum Gasteiger partial charge on any atom is 0.166 e. The van der Waals surface area contributed by atoms with Crippen molar-refractivity contribution >= 4 is 17.3 Å². The Morgan fingerprint density at radius 3 is 2.54 bits per heavy atom. The van der Waals surface area contributed by atoms with Gasteiger partial charge in [-0.05, 0) is 25.1 Å². The third kappa shape index (κ3) is 2.81. The molecule has 3 N–H and O–H groups in total. The van der Waals surface area contributed by atoms with Crippen molar-refractivity contribution in [2.45, 2.75) is 25.7 Å². The van der Waals surface area contributed by atoms with Crippen molar-refractivity contribution in [1.29, 1.82) is 0 Å². The number of rotatable bonds is 3. The molecule has 0 amide bonds. The van der Waals surface area contributed by atoms with Crippen molar-refractivity contribution in [3.63, 3.8) is 0 Å². The first kappa shape index (κ1) is 10.7. The molecule has 0 heterocycles. The molecule has 1 saturated carbocycles. The molecule has 1 aliphatic carbocycles. The molecule has 0 aromatic rings. The van der Waals surface area contributed by atoms with Crippen molar-refractivity contribution in [3.8, 4) is 0 Å². The summed E-state index contributed by atoms with van der Waals surface area (Å²) in [6, 6.07) is 0. The van der Waals surface area contributed by atoms with Crippen LogP contribution in [-0.2, 0) is 0 Å². The minimum atomic E-state index is 0.0842. The van der Waals surface area contributed by atoms with Crippen LogP contribution in [0.4, 0.5) is 0 Å². The first-order valence-electron chi connectivity index (χ1n) is 4.79. The Kier molecular flexibility index (Phi) is 3.93. The molecule has 0 aliphatic heterocycles. The zero-order valence-electron chi connectivity index (χ0n) is 8.10. The highest BCUT2D eigenvalue weighted by atomic mass is 32.1. The Bertz CT molecular complexity index is 178. The highest BCUT2D eigenvalue weighted by Gasteiger charge is 2.32. The Labute approximate surface area is 84.9 Å². The van der Waals surface area contributed by atoms with Gasteiger partial charge in [0.25, 0.3) is 0 Å². The summed E-state index contributed by atoms with van der Waals surface area (Å²) in [6.45, 7) is 1.06. The van der Waals surface area contributed by atoms with Gasteiger partial charge >= 0.3 is 0 Å². The monoisotopic (exact) mass is 202 g/mol. The third-order valence-electron chi connectivity index (χ3n) is 2.85. The highest BCUT2D eigenvalue weighted by molar-refractivity contribution is 7.80. The number of aliphatic hydroxyl groups is 1. The summed E-state index contributed by atoms with van der Waals surface area (Å²) in [4.78, 5) is 0. The summed E-state index contributed by atoms with van der Waals surface area (Å²) in [5.74, 6) is 0. The molecule has 76 valence electrons. The SMILES string of the molecule is CNC(=S)NCC1(CO)CCCC1. The van der Waals surface area contributed by atoms with E-state index in [1.807, 2.05) is 0 Å². The fraction of sp³-hybridized carbons (Fsp3) is 0.889. The van der Waals surface area contributed by atoms with Crippen molar-refractivity contribution in [1.82, 2.24) is 10.6 Å². The van der Waals surface area contributed by atoms with Crippen LogP contribution in [-0.4, -0.2) is 30.4 Å². The normalized spacial score (nSPS) is 19.8. The van der Waals surface area contributed by atoms with Gasteiger partial charge in [-0.1, -0.05) is 12.8 Å². The minimum absolute atomic E-state index is 0.0842. The van der Waals surface area contributed by atoms with Crippen molar-refractivity contribution < 1.29 is 5.11 Å². The van der Waals surface area contributed by atoms with Gasteiger partial charge in [-0.25, -0.2) is 0 Å². The standard InChI is InChI=1S/C9H18N2OS/c1-10-8(13)11-6-9(7-12)4-2-3-5-9/h12H,2-7H2,1H3,(H2,10,11,13). The van der Waals surface area contributed by atoms with Crippen molar-refractivity contribution in [3.05, 3.63) is 0 Å². The van der Waals surface area contributed by atoms with Crippen LogP contribution in [0, 0.1) is 5.41 Å². The molecule has 13 heavy (non-hydrogen) atoms. The number of thiocarbonyl (C=S) groups is 1. The van der Waals surface area contributed by atoms with Crippen LogP contribution in [0.1, 0.15) is 25.7 Å². The zero-order chi connectivity index (χ0) is 9.73. The van der Waals surface area contributed by atoms with Gasteiger partial charge in [0.2, 0.25) is 0 Å². The molecule has 1 fully saturated rings. The topological polar surface area (TPSA) is 44.3 Å². The Balaban J connectivity index is 2.35. The summed E-state index contributed by atoms with van der Waals surface area (Å²) >= 11 is 4.98. The van der Waals surface area contributed by atoms with E-state index in [1.165, 1.54) is 12.8 Å². The minimum Gasteiger partial charge on any atom is -0.396 e. The molecule has 1 aliphatic rings. The second-order valence-electron chi connectivity index (χ2n) is 3.80. The summed E-state index contributed by atoms with van der Waals surface area (Å²) in [5, 5.41) is 16.0. The predicted molar refractivity (Wildman–Crippen MR) is 57.6 cm³/mol. The molecule has 1 rings (SSSR count). The molecule has 0 radical (unpaired) electrons. The van der Waals surface area contributed by atoms with Gasteiger partial charge in [-0.15, -0.1) is 0 Å². The van der Waals surface area contributed by atoms with Gasteiger partial charge in [-0.2, -0.15) is 0 Å². The highest BCUT2D eigenvalue weighted by Crippen LogP contribution is 2.36. The molecule has 4 heteroatoms. The van der Waals surface area contributed by atoms with E-state index < -0.39 is 0 Å². The zero-order valence-corrected chi connectivity index (χ0v) is 8.91. The van der Waals surface area contributed by atoms with E-state index in [0.29, 0.717) is 5.11 Å². The molecule has 0 saturated heterocycles. The van der Waals surface area contributed by atoms with Crippen LogP contribution in [0.25, 0.3) is 0 Å². The van der Waals surface area contributed by atoms with E-state index in [9.17, 15) is 5.11 Å². The maximum absolute atomic E-state index is 9.30. The van der Waals surface area contributed by atoms with E-state index >= 15 is 0 Å². The first-order valence-corrected chi connectivity index (χ1v) is 5.20. The van der Waals surface area contributed by atoms with Gasteiger partial charge in [0.15, 0.2) is 5.11 Å². The smallest absolute Gasteiger partial charge is 0.166 e. The number of hydrogen-bond acceptors (Lipinski definition) is 2. The fourth-order valence-corrected chi connectivity index (χ4v) is 1.94. The Morgan fingerprint density at radius 2 is 2.08 bits per heavy atom. The number of hydrogen-bond donors (Lipinski definition) is 3. The lowest BCUT2D eigenvalue weighted by molar-refractivity contribution is 0.133. The summed E-state index contributed by atoms with van der Waals surface area (Å²) in [5.41, 5.74) is 0.0842. The van der Waals surface area contributed by atoms with Crippen LogP contribution in [0.3, 0.4) is 0 Å². The third-order valence-corrected chi connectivity index (χ3v) is 3.20. The van der Waals surface area contributed by atoms with Gasteiger partial charge in [0.1, 0.15) is 0 Å². The molecule has 0 aromatic carbocycles. The van der Waals surface area contributed by atoms with E-state index in [1.54, 1.807) is 7.05 Å². The summed E-state index contributed by atoms with van der Waals surface area (Å²) < 4.78 is 0. The number of aliphatic hydroxyl groups excluding tert-OH is 1. The predicted octanol–water partition coefficient (Wildman–Crippen LogP) is 0.633. The number of nitrogens with one attached hydrogen (secondary N) is 2. The molecule has 0 spiro atoms. The Morgan fingerprint density at radius 1 is 1.46 bits per heavy atom. The molecule has 3 nitrogen and oxygen atoms in total. The second-order valence-corrected chi connectivity index (χ2v) is 4.21. The fourth-order valence-electron chi connectivity index (χ4n) is 1.87. The molecule has 0 bridgehead atoms. The molecular formula is C9H18N2OS. The largest absolute Gasteiger partial charge is 0.396 e. The average molecular weight is 202 g/mol. The lowest BCUT2D eigenvalue weighted by Crippen LogP contribution is -2.41. The van der Waals surface area contributed by atoms with E-state index in [4.69, 9.17) is 12.2 Å². The lowest BCUT2D eigenvalue weighted by Gasteiger charge is -2.27. The van der Waals surface area contributed by atoms with E-state index in [2.05, 4.69) is 10.6 Å². The van der Waals surface area contributed by atoms with Crippen molar-refractivity contribution in [2.24, 2.45) is 5.41 Å². The van der Waals surface area contributed by atoms with Crippen LogP contribution in [0.15, 0.2) is 0 Å². The molecular weight excluding hydrogens is 184 g/mol. The lowest BCUT2D eigenvalue weighted by atomic mass is 9.87. The van der Waals surface area contributed by atoms with E-state index in [-0.39, 0.29) is 12.0 Å². The van der Waals surface area contributed by atoms with Gasteiger partial charge < -0.3 is 15.7 Å². The average Bonchev–Trinajstić information content (AvgIpc) is 2.63. The quantitative estimate of drug-likeness (QED) is 0.588. The second kappa shape index (κ2) is 4.77. The van der Waals surface area contributed by atoms with Crippen LogP contribution < -0.4 is 10.6 Å². The maximum atomic E-state index is 9.30. The van der Waals surface area contributed by atoms with Crippen LogP contribution in [0.2, 0.25) is 0 Å². The molecule has 0 unspecified atom stereocenters. The van der Waals surface area contributed by atoms with Crippen LogP contribution >= 0.6 is 12.2 Å². The summed E-state index contributed by atoms with van der Waals surface area (Å²) in [6.07, 6.45) is 4.69. The van der Waals surface area contributed by atoms with Gasteiger partial charge in [0, 0.05) is 19.0 Å². The van der Waals surface area contributed by atoms with Crippen LogP contribution in [0.5, 0.6) is 0 Å². The summed E-state index contributed by atoms with van der Waals surface area (Å²) in [7, 11) is 1.80.